The van der Waals surface area contributed by atoms with Crippen molar-refractivity contribution >= 4 is 17.6 Å². The van der Waals surface area contributed by atoms with Crippen molar-refractivity contribution in [2.24, 2.45) is 0 Å². The van der Waals surface area contributed by atoms with E-state index in [9.17, 15) is 9.59 Å². The van der Waals surface area contributed by atoms with Crippen molar-refractivity contribution in [2.75, 3.05) is 5.32 Å². The number of hydrogen-bond acceptors (Lipinski definition) is 4. The van der Waals surface area contributed by atoms with Crippen LogP contribution >= 0.6 is 0 Å². The normalized spacial score (nSPS) is 11.7. The molecule has 0 spiro atoms. The molecule has 6 nitrogen and oxygen atoms in total. The number of aryl methyl sites for hydroxylation is 2. The number of carbonyl (C=O) groups is 2. The number of carboxylic acid groups (broad SMARTS) is 1. The van der Waals surface area contributed by atoms with Gasteiger partial charge < -0.3 is 19.6 Å². The van der Waals surface area contributed by atoms with Gasteiger partial charge in [0.05, 0.1) is 0 Å². The predicted octanol–water partition coefficient (Wildman–Crippen LogP) is 4.99. The number of nitrogens with one attached hydrogen (secondary N) is 1. The number of benzene rings is 2. The molecule has 0 aliphatic carbocycles. The first-order valence-corrected chi connectivity index (χ1v) is 8.82. The highest BCUT2D eigenvalue weighted by Crippen LogP contribution is 2.24. The van der Waals surface area contributed by atoms with Gasteiger partial charge in [0.2, 0.25) is 5.76 Å². The van der Waals surface area contributed by atoms with Crippen LogP contribution in [0.5, 0.6) is 5.75 Å². The molecule has 1 heterocycles. The second-order valence-corrected chi connectivity index (χ2v) is 6.56. The summed E-state index contributed by atoms with van der Waals surface area (Å²) in [6, 6.07) is 15.6. The average Bonchev–Trinajstić information content (AvgIpc) is 3.16. The first kappa shape index (κ1) is 19.2. The number of aromatic carboxylic acids is 1. The van der Waals surface area contributed by atoms with E-state index in [0.29, 0.717) is 17.1 Å². The summed E-state index contributed by atoms with van der Waals surface area (Å²) in [5.74, 6) is -0.509. The summed E-state index contributed by atoms with van der Waals surface area (Å²) in [6.45, 7) is 5.67. The molecular weight excluding hydrogens is 358 g/mol. The highest BCUT2D eigenvalue weighted by molar-refractivity contribution is 6.04. The maximum atomic E-state index is 12.5. The van der Waals surface area contributed by atoms with Crippen molar-refractivity contribution in [1.82, 2.24) is 0 Å². The van der Waals surface area contributed by atoms with Gasteiger partial charge in [-0.1, -0.05) is 12.1 Å². The van der Waals surface area contributed by atoms with Crippen molar-refractivity contribution in [2.45, 2.75) is 26.9 Å². The molecule has 1 amide bonds. The first-order chi connectivity index (χ1) is 13.3. The van der Waals surface area contributed by atoms with Gasteiger partial charge in [-0.2, -0.15) is 0 Å². The van der Waals surface area contributed by atoms with Gasteiger partial charge in [-0.3, -0.25) is 4.79 Å². The van der Waals surface area contributed by atoms with Crippen LogP contribution in [0.3, 0.4) is 0 Å². The topological polar surface area (TPSA) is 88.8 Å². The van der Waals surface area contributed by atoms with E-state index in [1.807, 2.05) is 32.0 Å². The van der Waals surface area contributed by atoms with Gasteiger partial charge in [0, 0.05) is 11.3 Å². The molecule has 0 aliphatic heterocycles. The van der Waals surface area contributed by atoms with E-state index in [1.54, 1.807) is 37.3 Å². The fourth-order valence-electron chi connectivity index (χ4n) is 2.70. The summed E-state index contributed by atoms with van der Waals surface area (Å²) in [4.78, 5) is 23.4. The summed E-state index contributed by atoms with van der Waals surface area (Å²) >= 11 is 0. The highest BCUT2D eigenvalue weighted by Gasteiger charge is 2.16. The van der Waals surface area contributed by atoms with Crippen molar-refractivity contribution < 1.29 is 23.8 Å². The molecular formula is C22H21NO5. The Morgan fingerprint density at radius 1 is 1.04 bits per heavy atom. The van der Waals surface area contributed by atoms with Gasteiger partial charge in [-0.15, -0.1) is 0 Å². The number of carboxylic acids is 1. The Bertz CT molecular complexity index is 1000. The van der Waals surface area contributed by atoms with E-state index in [-0.39, 0.29) is 11.7 Å². The summed E-state index contributed by atoms with van der Waals surface area (Å²) in [6.07, 6.45) is -0.470. The molecule has 28 heavy (non-hydrogen) atoms. The molecule has 0 radical (unpaired) electrons. The summed E-state index contributed by atoms with van der Waals surface area (Å²) in [5.41, 5.74) is 3.35. The molecule has 0 saturated heterocycles. The molecule has 3 aromatic rings. The largest absolute Gasteiger partial charge is 0.483 e. The molecule has 2 N–H and O–H groups in total. The second kappa shape index (κ2) is 8.00. The molecule has 1 aromatic heterocycles. The minimum Gasteiger partial charge on any atom is -0.483 e. The molecule has 0 aliphatic rings. The molecule has 2 aromatic carbocycles. The van der Waals surface area contributed by atoms with Crippen LogP contribution in [0.4, 0.5) is 5.69 Å². The second-order valence-electron chi connectivity index (χ2n) is 6.56. The first-order valence-electron chi connectivity index (χ1n) is 8.82. The van der Waals surface area contributed by atoms with Crippen LogP contribution in [-0.2, 0) is 0 Å². The van der Waals surface area contributed by atoms with Crippen molar-refractivity contribution in [3.63, 3.8) is 0 Å². The highest BCUT2D eigenvalue weighted by atomic mass is 16.5. The van der Waals surface area contributed by atoms with Crippen LogP contribution in [0.15, 0.2) is 59.0 Å². The van der Waals surface area contributed by atoms with Gasteiger partial charge in [0.15, 0.2) is 6.10 Å². The predicted molar refractivity (Wildman–Crippen MR) is 105 cm³/mol. The van der Waals surface area contributed by atoms with Crippen LogP contribution in [0.1, 0.15) is 50.8 Å². The van der Waals surface area contributed by atoms with Crippen molar-refractivity contribution in [3.8, 4) is 5.75 Å². The minimum atomic E-state index is -1.13. The van der Waals surface area contributed by atoms with E-state index in [4.69, 9.17) is 14.3 Å². The maximum absolute atomic E-state index is 12.5. The fraction of sp³-hybridized carbons (Fsp3) is 0.182. The zero-order valence-electron chi connectivity index (χ0n) is 15.9. The van der Waals surface area contributed by atoms with Crippen LogP contribution < -0.4 is 10.1 Å². The monoisotopic (exact) mass is 379 g/mol. The van der Waals surface area contributed by atoms with Gasteiger partial charge in [-0.25, -0.2) is 4.79 Å². The van der Waals surface area contributed by atoms with E-state index >= 15 is 0 Å². The zero-order valence-corrected chi connectivity index (χ0v) is 15.9. The van der Waals surface area contributed by atoms with Crippen LogP contribution in [0.25, 0.3) is 0 Å². The lowest BCUT2D eigenvalue weighted by Crippen LogP contribution is -2.13. The van der Waals surface area contributed by atoms with E-state index in [0.717, 1.165) is 16.8 Å². The average molecular weight is 379 g/mol. The Balaban J connectivity index is 1.66. The molecule has 0 fully saturated rings. The number of rotatable bonds is 6. The molecule has 3 rings (SSSR count). The zero-order chi connectivity index (χ0) is 20.3. The quantitative estimate of drug-likeness (QED) is 0.630. The van der Waals surface area contributed by atoms with Gasteiger partial charge >= 0.3 is 5.97 Å². The summed E-state index contributed by atoms with van der Waals surface area (Å²) in [5, 5.41) is 11.8. The van der Waals surface area contributed by atoms with Crippen LogP contribution in [-0.4, -0.2) is 17.0 Å². The van der Waals surface area contributed by atoms with Gasteiger partial charge in [0.25, 0.3) is 5.91 Å². The van der Waals surface area contributed by atoms with Crippen LogP contribution in [0.2, 0.25) is 0 Å². The van der Waals surface area contributed by atoms with E-state index in [1.165, 1.54) is 6.07 Å². The molecule has 0 bridgehead atoms. The number of carbonyl (C=O) groups excluding carboxylic acids is 1. The van der Waals surface area contributed by atoms with Crippen LogP contribution in [0, 0.1) is 13.8 Å². The fourth-order valence-corrected chi connectivity index (χ4v) is 2.70. The Kier molecular flexibility index (Phi) is 5.49. The van der Waals surface area contributed by atoms with E-state index < -0.39 is 12.1 Å². The third kappa shape index (κ3) is 4.40. The molecule has 0 saturated carbocycles. The standard InChI is InChI=1S/C22H21NO5/c1-13-4-5-14(2)18(12-13)23-21(24)16-6-8-17(9-7-16)27-15(3)19-10-11-20(28-19)22(25)26/h4-12,15H,1-3H3,(H,23,24)(H,25,26). The Morgan fingerprint density at radius 3 is 2.39 bits per heavy atom. The molecule has 1 atom stereocenters. The van der Waals surface area contributed by atoms with Gasteiger partial charge in [-0.05, 0) is 74.4 Å². The Labute approximate surface area is 162 Å². The van der Waals surface area contributed by atoms with Crippen molar-refractivity contribution in [1.29, 1.82) is 0 Å². The summed E-state index contributed by atoms with van der Waals surface area (Å²) in [7, 11) is 0. The number of amides is 1. The van der Waals surface area contributed by atoms with Crippen molar-refractivity contribution in [3.05, 3.63) is 82.8 Å². The number of furan rings is 1. The SMILES string of the molecule is Cc1ccc(C)c(NC(=O)c2ccc(OC(C)c3ccc(C(=O)O)o3)cc2)c1. The van der Waals surface area contributed by atoms with Gasteiger partial charge in [0.1, 0.15) is 11.5 Å². The smallest absolute Gasteiger partial charge is 0.371 e. The summed E-state index contributed by atoms with van der Waals surface area (Å²) < 4.78 is 11.0. The maximum Gasteiger partial charge on any atom is 0.371 e. The lowest BCUT2D eigenvalue weighted by Gasteiger charge is -2.13. The third-order valence-corrected chi connectivity index (χ3v) is 4.31. The van der Waals surface area contributed by atoms with E-state index in [2.05, 4.69) is 5.32 Å². The molecule has 6 heteroatoms. The lowest BCUT2D eigenvalue weighted by atomic mass is 10.1. The minimum absolute atomic E-state index is 0.135. The molecule has 1 unspecified atom stereocenters. The lowest BCUT2D eigenvalue weighted by molar-refractivity contribution is 0.0655. The number of hydrogen-bond donors (Lipinski definition) is 2. The number of ether oxygens (including phenoxy) is 1. The third-order valence-electron chi connectivity index (χ3n) is 4.31. The number of anilines is 1. The molecule has 144 valence electrons. The Morgan fingerprint density at radius 2 is 1.75 bits per heavy atom. The Hall–Kier alpha value is -3.54.